The molecular formula is C34H35F3N10O5. The van der Waals surface area contributed by atoms with Crippen molar-refractivity contribution in [1.82, 2.24) is 39.5 Å². The molecule has 0 bridgehead atoms. The minimum Gasteiger partial charge on any atom is -0.378 e. The first kappa shape index (κ1) is 33.8. The van der Waals surface area contributed by atoms with Crippen molar-refractivity contribution < 1.29 is 37.1 Å². The van der Waals surface area contributed by atoms with Gasteiger partial charge in [-0.05, 0) is 43.0 Å². The number of nitrogens with one attached hydrogen (secondary N) is 2. The lowest BCUT2D eigenvalue weighted by atomic mass is 10.0. The number of morpholine rings is 1. The van der Waals surface area contributed by atoms with Crippen LogP contribution in [-0.4, -0.2) is 103 Å². The van der Waals surface area contributed by atoms with E-state index in [-0.39, 0.29) is 60.3 Å². The maximum absolute atomic E-state index is 15.3. The van der Waals surface area contributed by atoms with Crippen LogP contribution in [0.1, 0.15) is 75.7 Å². The van der Waals surface area contributed by atoms with Gasteiger partial charge in [0.15, 0.2) is 11.3 Å². The number of imide groups is 1. The van der Waals surface area contributed by atoms with Crippen LogP contribution in [0.5, 0.6) is 0 Å². The molecule has 7 heterocycles. The first-order chi connectivity index (χ1) is 25.1. The van der Waals surface area contributed by atoms with Crippen LogP contribution in [0, 0.1) is 5.82 Å². The van der Waals surface area contributed by atoms with Crippen molar-refractivity contribution in [1.29, 1.82) is 0 Å². The van der Waals surface area contributed by atoms with Gasteiger partial charge in [-0.3, -0.25) is 34.1 Å². The zero-order chi connectivity index (χ0) is 36.1. The van der Waals surface area contributed by atoms with Gasteiger partial charge < -0.3 is 19.9 Å². The van der Waals surface area contributed by atoms with Gasteiger partial charge in [-0.1, -0.05) is 0 Å². The number of nitrogens with zero attached hydrogens (tertiary/aromatic N) is 8. The van der Waals surface area contributed by atoms with E-state index in [0.29, 0.717) is 69.2 Å². The van der Waals surface area contributed by atoms with Gasteiger partial charge in [0.25, 0.3) is 18.2 Å². The summed E-state index contributed by atoms with van der Waals surface area (Å²) in [5, 5.41) is 13.2. The molecule has 3 fully saturated rings. The van der Waals surface area contributed by atoms with Crippen molar-refractivity contribution >= 4 is 40.8 Å². The Hall–Kier alpha value is -5.36. The number of amides is 4. The predicted octanol–water partition coefficient (Wildman–Crippen LogP) is 2.69. The molecule has 272 valence electrons. The number of rotatable bonds is 8. The highest BCUT2D eigenvalue weighted by Crippen LogP contribution is 2.33. The minimum absolute atomic E-state index is 0.104. The Labute approximate surface area is 294 Å². The lowest BCUT2D eigenvalue weighted by Gasteiger charge is -2.32. The molecule has 1 atom stereocenters. The first-order valence-corrected chi connectivity index (χ1v) is 17.2. The highest BCUT2D eigenvalue weighted by atomic mass is 19.3. The number of halogens is 3. The lowest BCUT2D eigenvalue weighted by molar-refractivity contribution is -0.136. The van der Waals surface area contributed by atoms with Crippen molar-refractivity contribution in [3.8, 4) is 0 Å². The average molecular weight is 721 g/mol. The molecule has 0 radical (unpaired) electrons. The van der Waals surface area contributed by atoms with Gasteiger partial charge in [0.2, 0.25) is 11.8 Å². The number of hydrogen-bond acceptors (Lipinski definition) is 10. The quantitative estimate of drug-likeness (QED) is 0.259. The van der Waals surface area contributed by atoms with Crippen molar-refractivity contribution in [2.45, 2.75) is 57.3 Å². The summed E-state index contributed by atoms with van der Waals surface area (Å²) in [4.78, 5) is 60.5. The molecule has 0 saturated carbocycles. The third kappa shape index (κ3) is 6.36. The molecule has 4 aromatic rings. The van der Waals surface area contributed by atoms with Gasteiger partial charge in [-0.2, -0.15) is 10.2 Å². The molecule has 3 saturated heterocycles. The molecular weight excluding hydrogens is 685 g/mol. The normalized spacial score (nSPS) is 20.2. The van der Waals surface area contributed by atoms with E-state index in [1.165, 1.54) is 32.6 Å². The van der Waals surface area contributed by atoms with Gasteiger partial charge in [0.05, 0.1) is 31.1 Å². The summed E-state index contributed by atoms with van der Waals surface area (Å²) in [5.41, 5.74) is 0.989. The summed E-state index contributed by atoms with van der Waals surface area (Å²) in [5.74, 6) is -1.88. The van der Waals surface area contributed by atoms with Crippen LogP contribution >= 0.6 is 0 Å². The largest absolute Gasteiger partial charge is 0.378 e. The molecule has 1 aromatic carbocycles. The van der Waals surface area contributed by atoms with E-state index >= 15 is 4.39 Å². The van der Waals surface area contributed by atoms with Crippen molar-refractivity contribution in [3.63, 3.8) is 0 Å². The zero-order valence-electron chi connectivity index (χ0n) is 27.9. The maximum atomic E-state index is 15.3. The van der Waals surface area contributed by atoms with Crippen LogP contribution in [-0.2, 0) is 27.4 Å². The van der Waals surface area contributed by atoms with E-state index in [2.05, 4.69) is 25.8 Å². The Kier molecular flexibility index (Phi) is 8.86. The molecule has 4 aliphatic heterocycles. The number of carbonyl (C=O) groups excluding carboxylic acids is 4. The SMILES string of the molecule is O=C1CCC(N2Cc3cc(CN4CCC(n5cc(NC(=O)c6cnn7ccc(N8CCOCC8)nc67)c(C(F)F)n5)CC4)c(F)cc3C2=O)C(=O)N1. The summed E-state index contributed by atoms with van der Waals surface area (Å²) >= 11 is 0. The second-order valence-corrected chi connectivity index (χ2v) is 13.4. The van der Waals surface area contributed by atoms with Crippen LogP contribution in [0.4, 0.5) is 24.7 Å². The van der Waals surface area contributed by atoms with Crippen LogP contribution < -0.4 is 15.5 Å². The fraction of sp³-hybridized carbons (Fsp3) is 0.441. The third-order valence-corrected chi connectivity index (χ3v) is 10.2. The van der Waals surface area contributed by atoms with Gasteiger partial charge in [0, 0.05) is 69.2 Å². The number of alkyl halides is 2. The highest BCUT2D eigenvalue weighted by Gasteiger charge is 2.40. The van der Waals surface area contributed by atoms with Crippen LogP contribution in [0.3, 0.4) is 0 Å². The number of fused-ring (bicyclic) bond motifs is 2. The van der Waals surface area contributed by atoms with Crippen LogP contribution in [0.2, 0.25) is 0 Å². The maximum Gasteiger partial charge on any atom is 0.284 e. The molecule has 15 nitrogen and oxygen atoms in total. The van der Waals surface area contributed by atoms with Crippen molar-refractivity contribution in [2.24, 2.45) is 0 Å². The molecule has 8 rings (SSSR count). The second kappa shape index (κ2) is 13.6. The smallest absolute Gasteiger partial charge is 0.284 e. The van der Waals surface area contributed by atoms with Crippen molar-refractivity contribution in [3.05, 3.63) is 70.6 Å². The molecule has 18 heteroatoms. The number of carbonyl (C=O) groups is 4. The number of likely N-dealkylation sites (tertiary alicyclic amines) is 1. The Morgan fingerprint density at radius 2 is 1.87 bits per heavy atom. The fourth-order valence-electron chi connectivity index (χ4n) is 7.37. The minimum atomic E-state index is -2.94. The van der Waals surface area contributed by atoms with E-state index in [9.17, 15) is 28.0 Å². The Bertz CT molecular complexity index is 2070. The molecule has 3 aromatic heterocycles. The molecule has 0 aliphatic carbocycles. The topological polar surface area (TPSA) is 159 Å². The summed E-state index contributed by atoms with van der Waals surface area (Å²) < 4.78 is 51.9. The highest BCUT2D eigenvalue weighted by molar-refractivity contribution is 6.08. The Morgan fingerprint density at radius 3 is 2.62 bits per heavy atom. The van der Waals surface area contributed by atoms with Gasteiger partial charge >= 0.3 is 0 Å². The number of benzene rings is 1. The standard InChI is InChI=1S/C34H35F3N10O5/c35-24-14-22-19(17-45(34(22)51)26-1-2-28(48)41-33(26)50)13-20(24)16-43-6-3-21(4-7-43)47-18-25(29(42-47)30(36)37)39-32(49)23-15-38-46-8-5-27(40-31(23)46)44-9-11-52-12-10-44/h5,8,13-15,18,21,26,30H,1-4,6-7,9-12,16-17H2,(H,39,49)(H,41,48,50). The number of hydrogen-bond donors (Lipinski definition) is 2. The summed E-state index contributed by atoms with van der Waals surface area (Å²) in [6, 6.07) is 3.63. The monoisotopic (exact) mass is 720 g/mol. The number of ether oxygens (including phenoxy) is 1. The van der Waals surface area contributed by atoms with Gasteiger partial charge in [-0.25, -0.2) is 22.7 Å². The average Bonchev–Trinajstić information content (AvgIpc) is 3.85. The summed E-state index contributed by atoms with van der Waals surface area (Å²) in [6.07, 6.45) is 2.93. The van der Waals surface area contributed by atoms with E-state index in [1.54, 1.807) is 18.3 Å². The number of aromatic nitrogens is 5. The molecule has 52 heavy (non-hydrogen) atoms. The van der Waals surface area contributed by atoms with Gasteiger partial charge in [0.1, 0.15) is 23.2 Å². The summed E-state index contributed by atoms with van der Waals surface area (Å²) in [6.45, 7) is 3.87. The predicted molar refractivity (Wildman–Crippen MR) is 177 cm³/mol. The Balaban J connectivity index is 0.918. The Morgan fingerprint density at radius 1 is 1.08 bits per heavy atom. The molecule has 4 aliphatic rings. The number of anilines is 2. The fourth-order valence-corrected chi connectivity index (χ4v) is 7.37. The van der Waals surface area contributed by atoms with Crippen molar-refractivity contribution in [2.75, 3.05) is 49.6 Å². The zero-order valence-corrected chi connectivity index (χ0v) is 27.9. The van der Waals surface area contributed by atoms with Gasteiger partial charge in [-0.15, -0.1) is 0 Å². The molecule has 0 spiro atoms. The van der Waals surface area contributed by atoms with E-state index < -0.39 is 41.7 Å². The number of piperidine rings is 2. The first-order valence-electron chi connectivity index (χ1n) is 17.2. The molecule has 2 N–H and O–H groups in total. The molecule has 1 unspecified atom stereocenters. The lowest BCUT2D eigenvalue weighted by Crippen LogP contribution is -2.52. The van der Waals surface area contributed by atoms with E-state index in [1.807, 2.05) is 9.80 Å². The molecule has 4 amide bonds. The third-order valence-electron chi connectivity index (χ3n) is 10.2. The second-order valence-electron chi connectivity index (χ2n) is 13.4. The van der Waals surface area contributed by atoms with Crippen LogP contribution in [0.15, 0.2) is 36.8 Å². The summed E-state index contributed by atoms with van der Waals surface area (Å²) in [7, 11) is 0. The van der Waals surface area contributed by atoms with E-state index in [4.69, 9.17) is 4.74 Å². The van der Waals surface area contributed by atoms with E-state index in [0.717, 1.165) is 0 Å². The van der Waals surface area contributed by atoms with Crippen LogP contribution in [0.25, 0.3) is 5.65 Å².